The number of nitrogens with two attached hydrogens (primary N) is 1. The molecule has 4 N–H and O–H groups in total. The zero-order valence-corrected chi connectivity index (χ0v) is 11.4. The molecule has 20 heavy (non-hydrogen) atoms. The molecule has 0 saturated carbocycles. The number of aromatic amines is 1. The van der Waals surface area contributed by atoms with Crippen LogP contribution in [0.3, 0.4) is 0 Å². The Morgan fingerprint density at radius 1 is 1.40 bits per heavy atom. The normalized spacial score (nSPS) is 18.9. The topological polar surface area (TPSA) is 102 Å². The highest BCUT2D eigenvalue weighted by Crippen LogP contribution is 2.14. The molecule has 1 aliphatic heterocycles. The Bertz CT molecular complexity index is 563. The molecule has 2 aromatic rings. The molecule has 0 radical (unpaired) electrons. The number of anilines is 1. The monoisotopic (exact) mass is 276 g/mol. The van der Waals surface area contributed by atoms with Gasteiger partial charge in [0.15, 0.2) is 11.5 Å². The first-order valence-corrected chi connectivity index (χ1v) is 7.09. The van der Waals surface area contributed by atoms with E-state index in [0.717, 1.165) is 56.8 Å². The van der Waals surface area contributed by atoms with Crippen molar-refractivity contribution in [2.75, 3.05) is 25.5 Å². The second-order valence-electron chi connectivity index (χ2n) is 5.11. The van der Waals surface area contributed by atoms with Crippen molar-refractivity contribution in [2.45, 2.75) is 31.7 Å². The summed E-state index contributed by atoms with van der Waals surface area (Å²) in [5.41, 5.74) is 7.16. The minimum absolute atomic E-state index is 0.455. The molecule has 7 heteroatoms. The van der Waals surface area contributed by atoms with E-state index < -0.39 is 0 Å². The van der Waals surface area contributed by atoms with Crippen molar-refractivity contribution in [1.29, 1.82) is 0 Å². The molecule has 0 spiro atoms. The van der Waals surface area contributed by atoms with Gasteiger partial charge in [0.25, 0.3) is 0 Å². The van der Waals surface area contributed by atoms with Crippen LogP contribution in [0.1, 0.15) is 25.1 Å². The fourth-order valence-corrected chi connectivity index (χ4v) is 2.43. The number of aromatic nitrogens is 4. The molecule has 0 amide bonds. The van der Waals surface area contributed by atoms with Gasteiger partial charge in [-0.25, -0.2) is 15.0 Å². The minimum Gasteiger partial charge on any atom is -0.382 e. The number of imidazole rings is 1. The van der Waals surface area contributed by atoms with Crippen LogP contribution in [-0.4, -0.2) is 45.7 Å². The lowest BCUT2D eigenvalue weighted by molar-refractivity contribution is 0.190. The van der Waals surface area contributed by atoms with Crippen molar-refractivity contribution in [2.24, 2.45) is 0 Å². The molecule has 7 nitrogen and oxygen atoms in total. The van der Waals surface area contributed by atoms with E-state index in [-0.39, 0.29) is 0 Å². The third kappa shape index (κ3) is 3.05. The predicted octanol–water partition coefficient (Wildman–Crippen LogP) is 0.636. The van der Waals surface area contributed by atoms with Crippen LogP contribution in [0.2, 0.25) is 0 Å². The van der Waals surface area contributed by atoms with Crippen molar-refractivity contribution >= 4 is 17.0 Å². The number of nitrogens with one attached hydrogen (secondary N) is 2. The van der Waals surface area contributed by atoms with E-state index in [1.165, 1.54) is 6.33 Å². The van der Waals surface area contributed by atoms with Gasteiger partial charge in [0.1, 0.15) is 17.7 Å². The number of hydrogen-bond donors (Lipinski definition) is 3. The van der Waals surface area contributed by atoms with Crippen molar-refractivity contribution in [3.63, 3.8) is 0 Å². The third-order valence-electron chi connectivity index (χ3n) is 3.57. The largest absolute Gasteiger partial charge is 0.382 e. The van der Waals surface area contributed by atoms with E-state index in [4.69, 9.17) is 10.5 Å². The first-order valence-electron chi connectivity index (χ1n) is 7.09. The molecule has 1 atom stereocenters. The Hall–Kier alpha value is -1.73. The molecular formula is C13H20N6O. The fourth-order valence-electron chi connectivity index (χ4n) is 2.43. The molecular weight excluding hydrogens is 256 g/mol. The van der Waals surface area contributed by atoms with Crippen LogP contribution < -0.4 is 11.1 Å². The molecule has 1 saturated heterocycles. The van der Waals surface area contributed by atoms with Gasteiger partial charge < -0.3 is 20.8 Å². The van der Waals surface area contributed by atoms with Gasteiger partial charge >= 0.3 is 0 Å². The first-order chi connectivity index (χ1) is 9.83. The van der Waals surface area contributed by atoms with Crippen LogP contribution in [0.25, 0.3) is 11.2 Å². The van der Waals surface area contributed by atoms with Crippen LogP contribution in [0, 0.1) is 0 Å². The van der Waals surface area contributed by atoms with Gasteiger partial charge in [0.05, 0.1) is 6.61 Å². The zero-order valence-electron chi connectivity index (χ0n) is 11.4. The zero-order chi connectivity index (χ0) is 13.8. The van der Waals surface area contributed by atoms with E-state index in [2.05, 4.69) is 25.3 Å². The van der Waals surface area contributed by atoms with Crippen molar-refractivity contribution in [3.05, 3.63) is 12.2 Å². The summed E-state index contributed by atoms with van der Waals surface area (Å²) in [6.45, 7) is 2.76. The van der Waals surface area contributed by atoms with Crippen molar-refractivity contribution in [3.8, 4) is 0 Å². The SMILES string of the molecule is Nc1ncnc2nc(CCCCN[C@H]3CCOC3)[nH]c12. The van der Waals surface area contributed by atoms with Crippen LogP contribution in [0.5, 0.6) is 0 Å². The summed E-state index contributed by atoms with van der Waals surface area (Å²) in [5, 5.41) is 3.51. The molecule has 1 aliphatic rings. The maximum absolute atomic E-state index is 5.77. The van der Waals surface area contributed by atoms with Crippen LogP contribution in [-0.2, 0) is 11.2 Å². The predicted molar refractivity (Wildman–Crippen MR) is 76.3 cm³/mol. The smallest absolute Gasteiger partial charge is 0.183 e. The number of fused-ring (bicyclic) bond motifs is 1. The molecule has 0 aromatic carbocycles. The van der Waals surface area contributed by atoms with Gasteiger partial charge in [-0.2, -0.15) is 0 Å². The highest BCUT2D eigenvalue weighted by atomic mass is 16.5. The average Bonchev–Trinajstić information content (AvgIpc) is 3.08. The second kappa shape index (κ2) is 6.15. The molecule has 108 valence electrons. The fraction of sp³-hybridized carbons (Fsp3) is 0.615. The van der Waals surface area contributed by atoms with Gasteiger partial charge in [-0.1, -0.05) is 0 Å². The van der Waals surface area contributed by atoms with E-state index in [0.29, 0.717) is 17.5 Å². The van der Waals surface area contributed by atoms with Gasteiger partial charge in [-0.05, 0) is 25.8 Å². The lowest BCUT2D eigenvalue weighted by Crippen LogP contribution is -2.29. The lowest BCUT2D eigenvalue weighted by Gasteiger charge is -2.09. The quantitative estimate of drug-likeness (QED) is 0.669. The molecule has 3 heterocycles. The Kier molecular flexibility index (Phi) is 4.08. The summed E-state index contributed by atoms with van der Waals surface area (Å²) in [7, 11) is 0. The summed E-state index contributed by atoms with van der Waals surface area (Å²) in [6.07, 6.45) is 5.67. The molecule has 0 bridgehead atoms. The molecule has 3 rings (SSSR count). The van der Waals surface area contributed by atoms with E-state index >= 15 is 0 Å². The number of hydrogen-bond acceptors (Lipinski definition) is 6. The number of H-pyrrole nitrogens is 1. The van der Waals surface area contributed by atoms with E-state index in [9.17, 15) is 0 Å². The standard InChI is InChI=1S/C13H20N6O/c14-12-11-13(17-8-16-12)19-10(18-11)3-1-2-5-15-9-4-6-20-7-9/h8-9,15H,1-7H2,(H3,14,16,17,18,19)/t9-/m0/s1. The van der Waals surface area contributed by atoms with Crippen molar-refractivity contribution < 1.29 is 4.74 Å². The van der Waals surface area contributed by atoms with Gasteiger partial charge in [-0.3, -0.25) is 0 Å². The van der Waals surface area contributed by atoms with Crippen molar-refractivity contribution in [1.82, 2.24) is 25.3 Å². The van der Waals surface area contributed by atoms with Crippen LogP contribution >= 0.6 is 0 Å². The van der Waals surface area contributed by atoms with Crippen LogP contribution in [0.15, 0.2) is 6.33 Å². The van der Waals surface area contributed by atoms with Gasteiger partial charge in [-0.15, -0.1) is 0 Å². The Labute approximate surface area is 117 Å². The number of nitrogen functional groups attached to an aromatic ring is 1. The van der Waals surface area contributed by atoms with E-state index in [1.54, 1.807) is 0 Å². The Balaban J connectivity index is 1.44. The Morgan fingerprint density at radius 3 is 3.15 bits per heavy atom. The molecule has 1 fully saturated rings. The average molecular weight is 276 g/mol. The molecule has 0 unspecified atom stereocenters. The number of aryl methyl sites for hydroxylation is 1. The maximum atomic E-state index is 5.77. The minimum atomic E-state index is 0.455. The summed E-state index contributed by atoms with van der Waals surface area (Å²) >= 11 is 0. The third-order valence-corrected chi connectivity index (χ3v) is 3.57. The highest BCUT2D eigenvalue weighted by Gasteiger charge is 2.13. The molecule has 0 aliphatic carbocycles. The lowest BCUT2D eigenvalue weighted by atomic mass is 10.2. The molecule has 2 aromatic heterocycles. The number of rotatable bonds is 6. The van der Waals surface area contributed by atoms with E-state index in [1.807, 2.05) is 0 Å². The summed E-state index contributed by atoms with van der Waals surface area (Å²) < 4.78 is 5.33. The summed E-state index contributed by atoms with van der Waals surface area (Å²) in [4.78, 5) is 15.7. The maximum Gasteiger partial charge on any atom is 0.183 e. The van der Waals surface area contributed by atoms with Gasteiger partial charge in [0, 0.05) is 19.1 Å². The van der Waals surface area contributed by atoms with Crippen LogP contribution in [0.4, 0.5) is 5.82 Å². The second-order valence-corrected chi connectivity index (χ2v) is 5.11. The van der Waals surface area contributed by atoms with Gasteiger partial charge in [0.2, 0.25) is 0 Å². The highest BCUT2D eigenvalue weighted by molar-refractivity contribution is 5.80. The summed E-state index contributed by atoms with van der Waals surface area (Å²) in [5.74, 6) is 1.38. The number of ether oxygens (including phenoxy) is 1. The number of nitrogens with zero attached hydrogens (tertiary/aromatic N) is 3. The summed E-state index contributed by atoms with van der Waals surface area (Å²) in [6, 6.07) is 0.538. The number of unbranched alkanes of at least 4 members (excludes halogenated alkanes) is 1. The Morgan fingerprint density at radius 2 is 2.35 bits per heavy atom. The first kappa shape index (κ1) is 13.3.